The number of rotatable bonds is 5. The number of anilines is 1. The monoisotopic (exact) mass is 346 g/mol. The zero-order valence-electron chi connectivity index (χ0n) is 14.8. The molecule has 0 heterocycles. The van der Waals surface area contributed by atoms with Gasteiger partial charge in [-0.05, 0) is 29.2 Å². The minimum absolute atomic E-state index is 0. The minimum atomic E-state index is -0.305. The highest BCUT2D eigenvalue weighted by Crippen LogP contribution is 2.24. The van der Waals surface area contributed by atoms with Gasteiger partial charge in [0.25, 0.3) is 0 Å². The number of nitrogens with zero attached hydrogens (tertiary/aromatic N) is 1. The molecule has 0 saturated carbocycles. The molecule has 2 aromatic rings. The zero-order valence-corrected chi connectivity index (χ0v) is 15.6. The van der Waals surface area contributed by atoms with Crippen LogP contribution in [0.3, 0.4) is 0 Å². The van der Waals surface area contributed by atoms with E-state index in [1.807, 2.05) is 49.4 Å². The van der Waals surface area contributed by atoms with E-state index in [-0.39, 0.29) is 30.3 Å². The Bertz CT molecular complexity index is 640. The van der Waals surface area contributed by atoms with Gasteiger partial charge in [0.05, 0.1) is 5.92 Å². The molecular weight excluding hydrogens is 320 g/mol. The van der Waals surface area contributed by atoms with E-state index in [1.54, 1.807) is 11.9 Å². The van der Waals surface area contributed by atoms with E-state index in [0.29, 0.717) is 5.92 Å². The molecular formula is C20H27ClN2O. The maximum absolute atomic E-state index is 12.7. The molecule has 0 aliphatic heterocycles. The summed E-state index contributed by atoms with van der Waals surface area (Å²) in [5.74, 6) is 0.223. The predicted octanol–water partition coefficient (Wildman–Crippen LogP) is 4.53. The molecule has 0 aromatic heterocycles. The number of carbonyl (C=O) groups excluding carboxylic acids is 1. The van der Waals surface area contributed by atoms with Crippen molar-refractivity contribution in [1.82, 2.24) is 0 Å². The van der Waals surface area contributed by atoms with Crippen molar-refractivity contribution in [2.24, 2.45) is 11.7 Å². The van der Waals surface area contributed by atoms with Gasteiger partial charge in [-0.1, -0.05) is 63.2 Å². The second-order valence-electron chi connectivity index (χ2n) is 6.37. The summed E-state index contributed by atoms with van der Waals surface area (Å²) in [7, 11) is 1.81. The number of benzene rings is 2. The third-order valence-electron chi connectivity index (χ3n) is 4.39. The van der Waals surface area contributed by atoms with Crippen LogP contribution in [0.25, 0.3) is 0 Å². The Kier molecular flexibility index (Phi) is 7.46. The maximum Gasteiger partial charge on any atom is 0.231 e. The lowest BCUT2D eigenvalue weighted by atomic mass is 9.94. The van der Waals surface area contributed by atoms with Gasteiger partial charge in [-0.25, -0.2) is 0 Å². The van der Waals surface area contributed by atoms with E-state index in [9.17, 15) is 4.79 Å². The Morgan fingerprint density at radius 3 is 1.96 bits per heavy atom. The van der Waals surface area contributed by atoms with Crippen molar-refractivity contribution in [1.29, 1.82) is 0 Å². The Morgan fingerprint density at radius 2 is 1.46 bits per heavy atom. The number of halogens is 1. The van der Waals surface area contributed by atoms with Crippen LogP contribution in [0.4, 0.5) is 5.69 Å². The molecule has 3 nitrogen and oxygen atoms in total. The molecule has 0 radical (unpaired) electrons. The van der Waals surface area contributed by atoms with E-state index >= 15 is 0 Å². The fourth-order valence-electron chi connectivity index (χ4n) is 2.63. The van der Waals surface area contributed by atoms with Gasteiger partial charge in [0, 0.05) is 18.8 Å². The molecule has 2 aromatic carbocycles. The summed E-state index contributed by atoms with van der Waals surface area (Å²) in [5, 5.41) is 0. The molecule has 24 heavy (non-hydrogen) atoms. The normalized spacial score (nSPS) is 13.1. The molecule has 0 saturated heterocycles. The molecule has 0 bridgehead atoms. The van der Waals surface area contributed by atoms with Crippen LogP contribution in [0.5, 0.6) is 0 Å². The van der Waals surface area contributed by atoms with Gasteiger partial charge in [0.2, 0.25) is 5.91 Å². The Labute approximate surface area is 151 Å². The second kappa shape index (κ2) is 8.86. The molecule has 4 heteroatoms. The van der Waals surface area contributed by atoms with Gasteiger partial charge in [-0.15, -0.1) is 12.4 Å². The summed E-state index contributed by atoms with van der Waals surface area (Å²) in [5.41, 5.74) is 9.42. The average Bonchev–Trinajstić information content (AvgIpc) is 2.60. The van der Waals surface area contributed by atoms with Crippen molar-refractivity contribution in [3.63, 3.8) is 0 Å². The van der Waals surface area contributed by atoms with Crippen molar-refractivity contribution in [2.75, 3.05) is 11.9 Å². The first-order valence-electron chi connectivity index (χ1n) is 8.10. The fraction of sp³-hybridized carbons (Fsp3) is 0.350. The van der Waals surface area contributed by atoms with Crippen LogP contribution < -0.4 is 10.6 Å². The molecule has 0 fully saturated rings. The minimum Gasteiger partial charge on any atom is -0.323 e. The topological polar surface area (TPSA) is 46.3 Å². The Balaban J connectivity index is 0.00000288. The van der Waals surface area contributed by atoms with Crippen LogP contribution in [-0.4, -0.2) is 13.0 Å². The van der Waals surface area contributed by atoms with Crippen molar-refractivity contribution < 1.29 is 4.79 Å². The third kappa shape index (κ3) is 4.59. The van der Waals surface area contributed by atoms with Crippen LogP contribution in [0.15, 0.2) is 54.6 Å². The molecule has 0 aliphatic carbocycles. The first-order valence-corrected chi connectivity index (χ1v) is 8.10. The van der Waals surface area contributed by atoms with Gasteiger partial charge in [-0.3, -0.25) is 4.79 Å². The van der Waals surface area contributed by atoms with E-state index in [4.69, 9.17) is 5.73 Å². The Morgan fingerprint density at radius 1 is 0.917 bits per heavy atom. The fourth-order valence-corrected chi connectivity index (χ4v) is 2.63. The first-order chi connectivity index (χ1) is 10.9. The van der Waals surface area contributed by atoms with Crippen molar-refractivity contribution >= 4 is 24.0 Å². The molecule has 0 spiro atoms. The predicted molar refractivity (Wildman–Crippen MR) is 104 cm³/mol. The van der Waals surface area contributed by atoms with Crippen molar-refractivity contribution in [3.8, 4) is 0 Å². The van der Waals surface area contributed by atoms with Gasteiger partial charge in [0.15, 0.2) is 0 Å². The maximum atomic E-state index is 12.7. The lowest BCUT2D eigenvalue weighted by Gasteiger charge is -2.26. The van der Waals surface area contributed by atoms with E-state index in [0.717, 1.165) is 11.3 Å². The lowest BCUT2D eigenvalue weighted by molar-refractivity contribution is -0.122. The third-order valence-corrected chi connectivity index (χ3v) is 4.39. The van der Waals surface area contributed by atoms with Gasteiger partial charge in [0.1, 0.15) is 0 Å². The summed E-state index contributed by atoms with van der Waals surface area (Å²) in [6.07, 6.45) is 0. The number of carbonyl (C=O) groups is 1. The van der Waals surface area contributed by atoms with Gasteiger partial charge in [-0.2, -0.15) is 0 Å². The van der Waals surface area contributed by atoms with Crippen LogP contribution in [-0.2, 0) is 4.79 Å². The van der Waals surface area contributed by atoms with Gasteiger partial charge < -0.3 is 10.6 Å². The standard InChI is InChI=1S/C20H26N2O.ClH/c1-14(2)16-10-12-18(13-11-16)22(4)20(23)15(3)19(21)17-8-6-5-7-9-17;/h5-15,19H,21H2,1-4H3;1H. The van der Waals surface area contributed by atoms with Crippen LogP contribution >= 0.6 is 12.4 Å². The van der Waals surface area contributed by atoms with Crippen LogP contribution in [0.1, 0.15) is 43.9 Å². The molecule has 1 amide bonds. The van der Waals surface area contributed by atoms with Crippen molar-refractivity contribution in [2.45, 2.75) is 32.7 Å². The molecule has 2 N–H and O–H groups in total. The summed E-state index contributed by atoms with van der Waals surface area (Å²) in [4.78, 5) is 14.4. The average molecular weight is 347 g/mol. The van der Waals surface area contributed by atoms with Crippen LogP contribution in [0.2, 0.25) is 0 Å². The highest BCUT2D eigenvalue weighted by molar-refractivity contribution is 5.94. The van der Waals surface area contributed by atoms with Crippen molar-refractivity contribution in [3.05, 3.63) is 65.7 Å². The van der Waals surface area contributed by atoms with E-state index in [1.165, 1.54) is 5.56 Å². The Hall–Kier alpha value is -1.84. The summed E-state index contributed by atoms with van der Waals surface area (Å²) in [6.45, 7) is 6.20. The first kappa shape index (κ1) is 20.2. The zero-order chi connectivity index (χ0) is 17.0. The van der Waals surface area contributed by atoms with Gasteiger partial charge >= 0.3 is 0 Å². The number of amides is 1. The highest BCUT2D eigenvalue weighted by atomic mass is 35.5. The number of hydrogen-bond acceptors (Lipinski definition) is 2. The summed E-state index contributed by atoms with van der Waals surface area (Å²) in [6, 6.07) is 17.6. The summed E-state index contributed by atoms with van der Waals surface area (Å²) < 4.78 is 0. The smallest absolute Gasteiger partial charge is 0.231 e. The quantitative estimate of drug-likeness (QED) is 0.864. The molecule has 2 atom stereocenters. The molecule has 130 valence electrons. The number of hydrogen-bond donors (Lipinski definition) is 1. The summed E-state index contributed by atoms with van der Waals surface area (Å²) >= 11 is 0. The molecule has 0 aliphatic rings. The van der Waals surface area contributed by atoms with E-state index in [2.05, 4.69) is 26.0 Å². The molecule has 2 unspecified atom stereocenters. The second-order valence-corrected chi connectivity index (χ2v) is 6.37. The highest BCUT2D eigenvalue weighted by Gasteiger charge is 2.25. The van der Waals surface area contributed by atoms with E-state index < -0.39 is 0 Å². The van der Waals surface area contributed by atoms with Crippen LogP contribution in [0, 0.1) is 5.92 Å². The largest absolute Gasteiger partial charge is 0.323 e. The SMILES string of the molecule is CC(C)c1ccc(N(C)C(=O)C(C)C(N)c2ccccc2)cc1.Cl. The lowest BCUT2D eigenvalue weighted by Crippen LogP contribution is -2.37. The molecule has 2 rings (SSSR count). The number of nitrogens with two attached hydrogens (primary N) is 1.